The van der Waals surface area contributed by atoms with Gasteiger partial charge in [0.25, 0.3) is 0 Å². The van der Waals surface area contributed by atoms with Gasteiger partial charge in [-0.3, -0.25) is 14.2 Å². The monoisotopic (exact) mass is 539 g/mol. The van der Waals surface area contributed by atoms with Gasteiger partial charge in [-0.25, -0.2) is 0 Å². The van der Waals surface area contributed by atoms with Gasteiger partial charge in [-0.05, 0) is 24.3 Å². The summed E-state index contributed by atoms with van der Waals surface area (Å²) in [6.45, 7) is 4.93. The molecular formula is C27H30ClN5O5. The number of halogens is 1. The highest BCUT2D eigenvalue weighted by Gasteiger charge is 2.38. The number of methoxy groups -OCH3 is 2. The van der Waals surface area contributed by atoms with Gasteiger partial charge in [0.05, 0.1) is 32.9 Å². The molecule has 2 unspecified atom stereocenters. The number of ether oxygens (including phenoxy) is 3. The molecule has 2 aromatic carbocycles. The molecule has 0 spiro atoms. The van der Waals surface area contributed by atoms with Crippen LogP contribution >= 0.6 is 11.6 Å². The number of nitrogens with one attached hydrogen (secondary N) is 1. The van der Waals surface area contributed by atoms with E-state index in [0.29, 0.717) is 35.4 Å². The first kappa shape index (κ1) is 26.0. The second-order valence-electron chi connectivity index (χ2n) is 9.57. The first-order valence-electron chi connectivity index (χ1n) is 12.5. The number of rotatable bonds is 6. The summed E-state index contributed by atoms with van der Waals surface area (Å²) in [7, 11) is 3.15. The maximum absolute atomic E-state index is 13.4. The Balaban J connectivity index is 1.67. The molecule has 1 fully saturated rings. The fourth-order valence-corrected chi connectivity index (χ4v) is 5.19. The second-order valence-corrected chi connectivity index (χ2v) is 10.0. The number of fused-ring (bicyclic) bond motifs is 3. The Morgan fingerprint density at radius 3 is 2.71 bits per heavy atom. The number of piperazine rings is 1. The van der Waals surface area contributed by atoms with E-state index >= 15 is 0 Å². The molecule has 0 aliphatic carbocycles. The van der Waals surface area contributed by atoms with Crippen LogP contribution in [0.1, 0.15) is 61.2 Å². The predicted octanol–water partition coefficient (Wildman–Crippen LogP) is 3.57. The summed E-state index contributed by atoms with van der Waals surface area (Å²) in [5, 5.41) is 12.3. The number of hydrogen-bond acceptors (Lipinski definition) is 7. The third-order valence-corrected chi connectivity index (χ3v) is 7.03. The highest BCUT2D eigenvalue weighted by molar-refractivity contribution is 6.30. The molecular weight excluding hydrogens is 510 g/mol. The molecule has 3 aromatic rings. The number of aromatic nitrogens is 3. The van der Waals surface area contributed by atoms with Crippen LogP contribution in [0.5, 0.6) is 11.5 Å². The Morgan fingerprint density at radius 1 is 1.18 bits per heavy atom. The molecule has 2 aliphatic heterocycles. The van der Waals surface area contributed by atoms with Crippen LogP contribution in [0, 0.1) is 0 Å². The van der Waals surface area contributed by atoms with Gasteiger partial charge < -0.3 is 24.4 Å². The number of carbonyl (C=O) groups is 2. The SMILES string of the molecule is COc1cccc(C2OC(CC(=O)N3CCNC(=O)C3)c3nnc(C(C)C)n3-c3ccc(Cl)cc32)c1OC. The fourth-order valence-electron chi connectivity index (χ4n) is 5.01. The fraction of sp³-hybridized carbons (Fsp3) is 0.407. The van der Waals surface area contributed by atoms with Gasteiger partial charge in [0.2, 0.25) is 11.8 Å². The quantitative estimate of drug-likeness (QED) is 0.510. The van der Waals surface area contributed by atoms with Crippen molar-refractivity contribution in [1.82, 2.24) is 25.0 Å². The topological polar surface area (TPSA) is 108 Å². The zero-order valence-electron chi connectivity index (χ0n) is 21.7. The van der Waals surface area contributed by atoms with E-state index in [1.54, 1.807) is 19.1 Å². The molecule has 200 valence electrons. The highest BCUT2D eigenvalue weighted by atomic mass is 35.5. The molecule has 2 amide bonds. The van der Waals surface area contributed by atoms with Crippen molar-refractivity contribution >= 4 is 23.4 Å². The molecule has 0 saturated carbocycles. The Kier molecular flexibility index (Phi) is 7.27. The highest BCUT2D eigenvalue weighted by Crippen LogP contribution is 2.46. The van der Waals surface area contributed by atoms with Crippen LogP contribution in [0.3, 0.4) is 0 Å². The number of nitrogens with zero attached hydrogens (tertiary/aromatic N) is 4. The zero-order valence-corrected chi connectivity index (χ0v) is 22.5. The molecule has 5 rings (SSSR count). The maximum Gasteiger partial charge on any atom is 0.239 e. The van der Waals surface area contributed by atoms with E-state index < -0.39 is 12.2 Å². The standard InChI is InChI=1S/C27H30ClN5O5/c1-15(2)26-30-31-27-21(13-23(35)32-11-10-29-22(34)14-32)38-24(17-6-5-7-20(36-3)25(17)37-4)18-12-16(28)8-9-19(18)33(26)27/h5-9,12,15,21,24H,10-11,13-14H2,1-4H3,(H,29,34). The zero-order chi connectivity index (χ0) is 27.0. The van der Waals surface area contributed by atoms with Crippen molar-refractivity contribution in [3.8, 4) is 17.2 Å². The number of carbonyl (C=O) groups excluding carboxylic acids is 2. The van der Waals surface area contributed by atoms with E-state index in [1.165, 1.54) is 0 Å². The molecule has 1 N–H and O–H groups in total. The van der Waals surface area contributed by atoms with Gasteiger partial charge >= 0.3 is 0 Å². The number of benzene rings is 2. The molecule has 10 nitrogen and oxygen atoms in total. The largest absolute Gasteiger partial charge is 0.493 e. The van der Waals surface area contributed by atoms with E-state index in [1.807, 2.05) is 54.8 Å². The minimum Gasteiger partial charge on any atom is -0.493 e. The van der Waals surface area contributed by atoms with Gasteiger partial charge in [0.1, 0.15) is 18.0 Å². The van der Waals surface area contributed by atoms with Gasteiger partial charge in [-0.1, -0.05) is 37.6 Å². The van der Waals surface area contributed by atoms with Gasteiger partial charge in [0.15, 0.2) is 17.3 Å². The summed E-state index contributed by atoms with van der Waals surface area (Å²) >= 11 is 6.50. The average Bonchev–Trinajstić information content (AvgIpc) is 3.31. The predicted molar refractivity (Wildman–Crippen MR) is 140 cm³/mol. The van der Waals surface area contributed by atoms with E-state index in [0.717, 1.165) is 22.6 Å². The lowest BCUT2D eigenvalue weighted by atomic mass is 9.98. The van der Waals surface area contributed by atoms with E-state index in [9.17, 15) is 9.59 Å². The lowest BCUT2D eigenvalue weighted by Gasteiger charge is -2.29. The van der Waals surface area contributed by atoms with Gasteiger partial charge in [-0.2, -0.15) is 0 Å². The number of hydrogen-bond donors (Lipinski definition) is 1. The summed E-state index contributed by atoms with van der Waals surface area (Å²) < 4.78 is 20.0. The molecule has 38 heavy (non-hydrogen) atoms. The van der Waals surface area contributed by atoms with E-state index in [-0.39, 0.29) is 30.7 Å². The molecule has 0 bridgehead atoms. The summed E-state index contributed by atoms with van der Waals surface area (Å²) in [5.41, 5.74) is 2.30. The average molecular weight is 540 g/mol. The summed E-state index contributed by atoms with van der Waals surface area (Å²) in [6.07, 6.45) is -1.45. The minimum absolute atomic E-state index is 0.0124. The van der Waals surface area contributed by atoms with Crippen LogP contribution in [0.25, 0.3) is 5.69 Å². The molecule has 3 heterocycles. The third-order valence-electron chi connectivity index (χ3n) is 6.80. The van der Waals surface area contributed by atoms with Crippen LogP contribution in [-0.2, 0) is 14.3 Å². The first-order chi connectivity index (χ1) is 18.3. The van der Waals surface area contributed by atoms with Crippen molar-refractivity contribution in [3.63, 3.8) is 0 Å². The molecule has 2 aliphatic rings. The Hall–Kier alpha value is -3.63. The summed E-state index contributed by atoms with van der Waals surface area (Å²) in [4.78, 5) is 26.9. The van der Waals surface area contributed by atoms with Crippen LogP contribution in [0.2, 0.25) is 5.02 Å². The molecule has 11 heteroatoms. The van der Waals surface area contributed by atoms with Crippen LogP contribution in [0.15, 0.2) is 36.4 Å². The van der Waals surface area contributed by atoms with Crippen molar-refractivity contribution in [3.05, 3.63) is 64.2 Å². The minimum atomic E-state index is -0.764. The summed E-state index contributed by atoms with van der Waals surface area (Å²) in [6, 6.07) is 11.2. The molecule has 1 aromatic heterocycles. The van der Waals surface area contributed by atoms with Crippen molar-refractivity contribution in [2.24, 2.45) is 0 Å². The van der Waals surface area contributed by atoms with E-state index in [2.05, 4.69) is 15.5 Å². The Labute approximate surface area is 225 Å². The van der Waals surface area contributed by atoms with Crippen LogP contribution in [-0.4, -0.2) is 65.3 Å². The van der Waals surface area contributed by atoms with Crippen molar-refractivity contribution in [1.29, 1.82) is 0 Å². The lowest BCUT2D eigenvalue weighted by molar-refractivity contribution is -0.141. The molecule has 2 atom stereocenters. The molecule has 1 saturated heterocycles. The summed E-state index contributed by atoms with van der Waals surface area (Å²) in [5.74, 6) is 1.98. The smallest absolute Gasteiger partial charge is 0.239 e. The van der Waals surface area contributed by atoms with Crippen molar-refractivity contribution < 1.29 is 23.8 Å². The maximum atomic E-state index is 13.4. The van der Waals surface area contributed by atoms with Crippen LogP contribution < -0.4 is 14.8 Å². The lowest BCUT2D eigenvalue weighted by Crippen LogP contribution is -2.50. The Bertz CT molecular complexity index is 1370. The second kappa shape index (κ2) is 10.6. The van der Waals surface area contributed by atoms with Gasteiger partial charge in [-0.15, -0.1) is 10.2 Å². The third kappa shape index (κ3) is 4.69. The number of para-hydroxylation sites is 1. The van der Waals surface area contributed by atoms with E-state index in [4.69, 9.17) is 25.8 Å². The Morgan fingerprint density at radius 2 is 2.00 bits per heavy atom. The molecule has 0 radical (unpaired) electrons. The van der Waals surface area contributed by atoms with Crippen molar-refractivity contribution in [2.75, 3.05) is 33.9 Å². The number of amides is 2. The van der Waals surface area contributed by atoms with Crippen LogP contribution in [0.4, 0.5) is 0 Å². The van der Waals surface area contributed by atoms with Gasteiger partial charge in [0, 0.05) is 35.2 Å². The normalized spacial score (nSPS) is 18.9. The first-order valence-corrected chi connectivity index (χ1v) is 12.9. The van der Waals surface area contributed by atoms with Crippen molar-refractivity contribution in [2.45, 2.75) is 38.4 Å².